The Kier molecular flexibility index (Phi) is 6.51. The maximum Gasteiger partial charge on any atom is 0.408 e. The molecule has 6 heteroatoms. The second kappa shape index (κ2) is 8.43. The first-order valence-electron chi connectivity index (χ1n) is 8.34. The molecule has 2 unspecified atom stereocenters. The summed E-state index contributed by atoms with van der Waals surface area (Å²) in [6.07, 6.45) is -0.532. The molecule has 2 atom stereocenters. The van der Waals surface area contributed by atoms with Gasteiger partial charge >= 0.3 is 6.09 Å². The van der Waals surface area contributed by atoms with E-state index in [0.29, 0.717) is 10.8 Å². The number of carbonyl (C=O) groups excluding carboxylic acids is 1. The fourth-order valence-corrected chi connectivity index (χ4v) is 2.65. The van der Waals surface area contributed by atoms with Crippen LogP contribution in [0.25, 0.3) is 0 Å². The highest BCUT2D eigenvalue weighted by Gasteiger charge is 2.26. The van der Waals surface area contributed by atoms with Crippen molar-refractivity contribution in [3.63, 3.8) is 0 Å². The number of carbonyl (C=O) groups is 1. The zero-order valence-corrected chi connectivity index (χ0v) is 16.2. The Morgan fingerprint density at radius 1 is 1.12 bits per heavy atom. The van der Waals surface area contributed by atoms with Gasteiger partial charge in [-0.05, 0) is 56.2 Å². The van der Waals surface area contributed by atoms with Gasteiger partial charge in [-0.3, -0.25) is 0 Å². The molecule has 2 aromatic carbocycles. The van der Waals surface area contributed by atoms with Gasteiger partial charge in [0.15, 0.2) is 0 Å². The van der Waals surface area contributed by atoms with Gasteiger partial charge in [0.25, 0.3) is 0 Å². The Bertz CT molecular complexity index is 741. The monoisotopic (exact) mass is 376 g/mol. The molecule has 2 rings (SSSR count). The molecule has 2 aromatic rings. The maximum absolute atomic E-state index is 12.3. The van der Waals surface area contributed by atoms with Gasteiger partial charge in [0, 0.05) is 5.02 Å². The number of halogens is 1. The predicted molar refractivity (Wildman–Crippen MR) is 103 cm³/mol. The third-order valence-electron chi connectivity index (χ3n) is 3.74. The zero-order chi connectivity index (χ0) is 19.3. The number of hydrogen-bond acceptors (Lipinski definition) is 4. The van der Waals surface area contributed by atoms with E-state index in [1.54, 1.807) is 19.2 Å². The predicted octanol–water partition coefficient (Wildman–Crippen LogP) is 4.61. The first-order valence-corrected chi connectivity index (χ1v) is 8.72. The Labute approximate surface area is 159 Å². The van der Waals surface area contributed by atoms with Crippen LogP contribution in [0.5, 0.6) is 5.75 Å². The van der Waals surface area contributed by atoms with Crippen LogP contribution in [0.15, 0.2) is 48.5 Å². The van der Waals surface area contributed by atoms with Crippen molar-refractivity contribution in [2.75, 3.05) is 7.11 Å². The van der Waals surface area contributed by atoms with Crippen molar-refractivity contribution >= 4 is 17.7 Å². The Morgan fingerprint density at radius 3 is 2.35 bits per heavy atom. The van der Waals surface area contributed by atoms with Crippen LogP contribution < -0.4 is 15.8 Å². The Balaban J connectivity index is 2.32. The second-order valence-electron chi connectivity index (χ2n) is 6.98. The summed E-state index contributed by atoms with van der Waals surface area (Å²) in [5, 5.41) is 3.49. The highest BCUT2D eigenvalue weighted by molar-refractivity contribution is 6.30. The number of amides is 1. The number of methoxy groups -OCH3 is 1. The van der Waals surface area contributed by atoms with E-state index >= 15 is 0 Å². The van der Waals surface area contributed by atoms with Crippen LogP contribution in [0.1, 0.15) is 44.0 Å². The largest absolute Gasteiger partial charge is 0.497 e. The summed E-state index contributed by atoms with van der Waals surface area (Å²) >= 11 is 5.99. The fourth-order valence-electron chi connectivity index (χ4n) is 2.53. The van der Waals surface area contributed by atoms with Gasteiger partial charge in [0.05, 0.1) is 19.2 Å². The average molecular weight is 377 g/mol. The van der Waals surface area contributed by atoms with E-state index in [9.17, 15) is 4.79 Å². The van der Waals surface area contributed by atoms with Crippen LogP contribution in [0, 0.1) is 0 Å². The van der Waals surface area contributed by atoms with E-state index in [0.717, 1.165) is 11.1 Å². The van der Waals surface area contributed by atoms with Crippen molar-refractivity contribution in [3.05, 3.63) is 64.7 Å². The lowest BCUT2D eigenvalue weighted by Gasteiger charge is -2.28. The molecule has 1 amide bonds. The fraction of sp³-hybridized carbons (Fsp3) is 0.350. The normalized spacial score (nSPS) is 13.6. The van der Waals surface area contributed by atoms with Gasteiger partial charge in [-0.2, -0.15) is 0 Å². The van der Waals surface area contributed by atoms with Crippen molar-refractivity contribution in [3.8, 4) is 5.75 Å². The molecule has 0 saturated carbocycles. The summed E-state index contributed by atoms with van der Waals surface area (Å²) in [4.78, 5) is 12.3. The van der Waals surface area contributed by atoms with Crippen LogP contribution in [0.3, 0.4) is 0 Å². The number of hydrogen-bond donors (Lipinski definition) is 2. The van der Waals surface area contributed by atoms with E-state index in [1.807, 2.05) is 57.2 Å². The topological polar surface area (TPSA) is 73.6 Å². The van der Waals surface area contributed by atoms with Crippen LogP contribution in [-0.4, -0.2) is 18.8 Å². The molecule has 140 valence electrons. The van der Waals surface area contributed by atoms with Gasteiger partial charge < -0.3 is 20.5 Å². The molecule has 0 saturated heterocycles. The van der Waals surface area contributed by atoms with E-state index in [4.69, 9.17) is 26.8 Å². The number of nitrogens with one attached hydrogen (secondary N) is 1. The first kappa shape index (κ1) is 20.1. The standard InChI is InChI=1S/C20H25ClN2O3/c1-20(2,3)26-19(24)23-18(13-8-10-15(21)11-9-13)17(22)14-6-5-7-16(12-14)25-4/h5-12,17-18H,22H2,1-4H3,(H,23,24). The van der Waals surface area contributed by atoms with E-state index in [1.165, 1.54) is 0 Å². The van der Waals surface area contributed by atoms with Gasteiger partial charge in [-0.15, -0.1) is 0 Å². The zero-order valence-electron chi connectivity index (χ0n) is 15.5. The minimum atomic E-state index is -0.602. The molecule has 0 aliphatic heterocycles. The number of nitrogens with two attached hydrogens (primary N) is 1. The Morgan fingerprint density at radius 2 is 1.77 bits per heavy atom. The summed E-state index contributed by atoms with van der Waals surface area (Å²) in [6, 6.07) is 13.7. The van der Waals surface area contributed by atoms with E-state index < -0.39 is 23.8 Å². The molecule has 0 aliphatic carbocycles. The lowest BCUT2D eigenvalue weighted by atomic mass is 9.94. The third-order valence-corrected chi connectivity index (χ3v) is 3.99. The van der Waals surface area contributed by atoms with Crippen molar-refractivity contribution < 1.29 is 14.3 Å². The maximum atomic E-state index is 12.3. The lowest BCUT2D eigenvalue weighted by Crippen LogP contribution is -2.39. The van der Waals surface area contributed by atoms with Crippen molar-refractivity contribution in [1.82, 2.24) is 5.32 Å². The third kappa shape index (κ3) is 5.64. The molecule has 0 aromatic heterocycles. The molecule has 0 heterocycles. The molecule has 0 bridgehead atoms. The molecule has 0 radical (unpaired) electrons. The molecular weight excluding hydrogens is 352 g/mol. The molecule has 0 spiro atoms. The molecule has 3 N–H and O–H groups in total. The van der Waals surface area contributed by atoms with Gasteiger partial charge in [-0.25, -0.2) is 4.79 Å². The quantitative estimate of drug-likeness (QED) is 0.798. The number of benzene rings is 2. The van der Waals surface area contributed by atoms with Crippen LogP contribution in [0.4, 0.5) is 4.79 Å². The highest BCUT2D eigenvalue weighted by atomic mass is 35.5. The lowest BCUT2D eigenvalue weighted by molar-refractivity contribution is 0.0495. The highest BCUT2D eigenvalue weighted by Crippen LogP contribution is 2.30. The minimum Gasteiger partial charge on any atom is -0.497 e. The van der Waals surface area contributed by atoms with Crippen molar-refractivity contribution in [2.24, 2.45) is 5.73 Å². The number of rotatable bonds is 5. The molecule has 26 heavy (non-hydrogen) atoms. The van der Waals surface area contributed by atoms with Gasteiger partial charge in [0.2, 0.25) is 0 Å². The van der Waals surface area contributed by atoms with Crippen molar-refractivity contribution in [1.29, 1.82) is 0 Å². The van der Waals surface area contributed by atoms with Crippen LogP contribution in [0.2, 0.25) is 5.02 Å². The van der Waals surface area contributed by atoms with Crippen LogP contribution >= 0.6 is 11.6 Å². The summed E-state index contributed by atoms with van der Waals surface area (Å²) < 4.78 is 10.7. The molecular formula is C20H25ClN2O3. The molecule has 0 fully saturated rings. The van der Waals surface area contributed by atoms with Crippen LogP contribution in [-0.2, 0) is 4.74 Å². The summed E-state index contributed by atoms with van der Waals surface area (Å²) in [7, 11) is 1.60. The van der Waals surface area contributed by atoms with Crippen molar-refractivity contribution in [2.45, 2.75) is 38.5 Å². The van der Waals surface area contributed by atoms with E-state index in [-0.39, 0.29) is 0 Å². The average Bonchev–Trinajstić information content (AvgIpc) is 2.58. The SMILES string of the molecule is COc1cccc(C(N)C(NC(=O)OC(C)(C)C)c2ccc(Cl)cc2)c1. The summed E-state index contributed by atoms with van der Waals surface area (Å²) in [5.41, 5.74) is 7.55. The number of alkyl carbamates (subject to hydrolysis) is 1. The minimum absolute atomic E-state index is 0.491. The molecule has 0 aliphatic rings. The smallest absolute Gasteiger partial charge is 0.408 e. The first-order chi connectivity index (χ1) is 12.2. The number of ether oxygens (including phenoxy) is 2. The second-order valence-corrected chi connectivity index (χ2v) is 7.41. The molecule has 5 nitrogen and oxygen atoms in total. The summed E-state index contributed by atoms with van der Waals surface area (Å²) in [5.74, 6) is 0.699. The van der Waals surface area contributed by atoms with Gasteiger partial charge in [0.1, 0.15) is 11.4 Å². The summed E-state index contributed by atoms with van der Waals surface area (Å²) in [6.45, 7) is 5.43. The van der Waals surface area contributed by atoms with E-state index in [2.05, 4.69) is 5.32 Å². The van der Waals surface area contributed by atoms with Gasteiger partial charge in [-0.1, -0.05) is 35.9 Å². The Hall–Kier alpha value is -2.24.